The van der Waals surface area contributed by atoms with E-state index in [2.05, 4.69) is 17.1 Å². The lowest BCUT2D eigenvalue weighted by atomic mass is 10.2. The molecule has 0 radical (unpaired) electrons. The average molecular weight is 203 g/mol. The van der Waals surface area contributed by atoms with Crippen molar-refractivity contribution in [2.24, 2.45) is 0 Å². The second kappa shape index (κ2) is 6.41. The molecule has 13 heavy (non-hydrogen) atoms. The summed E-state index contributed by atoms with van der Waals surface area (Å²) in [5.41, 5.74) is 1.61. The molecule has 1 aliphatic rings. The summed E-state index contributed by atoms with van der Waals surface area (Å²) in [6.45, 7) is 6.71. The lowest BCUT2D eigenvalue weighted by Crippen LogP contribution is -2.37. The molecule has 76 valence electrons. The van der Waals surface area contributed by atoms with Crippen molar-refractivity contribution in [1.29, 1.82) is 0 Å². The first-order valence-electron chi connectivity index (χ1n) is 5.07. The molecule has 1 unspecified atom stereocenters. The molecule has 1 N–H and O–H groups in total. The quantitative estimate of drug-likeness (QED) is 0.751. The number of halogens is 1. The van der Waals surface area contributed by atoms with E-state index in [9.17, 15) is 0 Å². The molecule has 0 aromatic rings. The molecule has 0 aliphatic carbocycles. The van der Waals surface area contributed by atoms with Crippen LogP contribution in [0, 0.1) is 0 Å². The summed E-state index contributed by atoms with van der Waals surface area (Å²) in [5, 5.41) is 3.54. The highest BCUT2D eigenvalue weighted by molar-refractivity contribution is 6.25. The Labute approximate surface area is 85.9 Å². The molecule has 1 aliphatic heterocycles. The molecule has 1 atom stereocenters. The smallest absolute Gasteiger partial charge is 0.0192 e. The van der Waals surface area contributed by atoms with Gasteiger partial charge in [0.05, 0.1) is 0 Å². The lowest BCUT2D eigenvalue weighted by Gasteiger charge is -2.21. The second-order valence-electron chi connectivity index (χ2n) is 3.53. The van der Waals surface area contributed by atoms with Crippen molar-refractivity contribution >= 4 is 11.6 Å². The van der Waals surface area contributed by atoms with Crippen LogP contribution in [0.4, 0.5) is 0 Å². The maximum Gasteiger partial charge on any atom is 0.0192 e. The SMILES string of the molecule is CCC1CN(C/C=C/Cl)CCCN1. The third-order valence-corrected chi connectivity index (χ3v) is 2.69. The summed E-state index contributed by atoms with van der Waals surface area (Å²) < 4.78 is 0. The molecule has 1 heterocycles. The predicted octanol–water partition coefficient (Wildman–Crippen LogP) is 1.81. The molecule has 0 bridgehead atoms. The van der Waals surface area contributed by atoms with E-state index < -0.39 is 0 Å². The monoisotopic (exact) mass is 202 g/mol. The van der Waals surface area contributed by atoms with Gasteiger partial charge in [-0.3, -0.25) is 4.90 Å². The number of nitrogens with zero attached hydrogens (tertiary/aromatic N) is 1. The zero-order valence-corrected chi connectivity index (χ0v) is 9.06. The maximum absolute atomic E-state index is 5.51. The van der Waals surface area contributed by atoms with Gasteiger partial charge in [-0.05, 0) is 25.9 Å². The topological polar surface area (TPSA) is 15.3 Å². The highest BCUT2D eigenvalue weighted by Gasteiger charge is 2.14. The Bertz CT molecular complexity index is 159. The van der Waals surface area contributed by atoms with E-state index in [4.69, 9.17) is 11.6 Å². The normalized spacial score (nSPS) is 26.5. The van der Waals surface area contributed by atoms with Crippen molar-refractivity contribution in [2.75, 3.05) is 26.2 Å². The van der Waals surface area contributed by atoms with Crippen LogP contribution in [-0.2, 0) is 0 Å². The molecule has 0 aromatic carbocycles. The molecule has 0 spiro atoms. The third kappa shape index (κ3) is 4.12. The van der Waals surface area contributed by atoms with Gasteiger partial charge in [-0.15, -0.1) is 0 Å². The van der Waals surface area contributed by atoms with E-state index in [1.807, 2.05) is 6.08 Å². The van der Waals surface area contributed by atoms with Crippen LogP contribution < -0.4 is 5.32 Å². The molecule has 0 saturated carbocycles. The number of nitrogens with one attached hydrogen (secondary N) is 1. The standard InChI is InChI=1S/C10H19ClN2/c1-2-10-9-13(7-3-5-11)8-4-6-12-10/h3,5,10,12H,2,4,6-9H2,1H3/b5-3+. The van der Waals surface area contributed by atoms with E-state index in [0.29, 0.717) is 6.04 Å². The average Bonchev–Trinajstić information content (AvgIpc) is 2.39. The molecule has 2 nitrogen and oxygen atoms in total. The largest absolute Gasteiger partial charge is 0.313 e. The number of hydrogen-bond acceptors (Lipinski definition) is 2. The van der Waals surface area contributed by atoms with Crippen LogP contribution in [0.25, 0.3) is 0 Å². The van der Waals surface area contributed by atoms with Crippen molar-refractivity contribution < 1.29 is 0 Å². The first kappa shape index (κ1) is 11.0. The summed E-state index contributed by atoms with van der Waals surface area (Å²) in [4.78, 5) is 2.45. The van der Waals surface area contributed by atoms with Gasteiger partial charge in [0.1, 0.15) is 0 Å². The first-order chi connectivity index (χ1) is 6.36. The van der Waals surface area contributed by atoms with Crippen molar-refractivity contribution in [1.82, 2.24) is 10.2 Å². The summed E-state index contributed by atoms with van der Waals surface area (Å²) in [6, 6.07) is 0.659. The number of rotatable bonds is 3. The van der Waals surface area contributed by atoms with Gasteiger partial charge < -0.3 is 5.32 Å². The molecule has 0 aromatic heterocycles. The summed E-state index contributed by atoms with van der Waals surface area (Å²) in [5.74, 6) is 0. The first-order valence-corrected chi connectivity index (χ1v) is 5.51. The fraction of sp³-hybridized carbons (Fsp3) is 0.800. The zero-order chi connectivity index (χ0) is 9.52. The van der Waals surface area contributed by atoms with Gasteiger partial charge in [0.25, 0.3) is 0 Å². The third-order valence-electron chi connectivity index (χ3n) is 2.51. The lowest BCUT2D eigenvalue weighted by molar-refractivity contribution is 0.292. The Kier molecular flexibility index (Phi) is 5.44. The predicted molar refractivity (Wildman–Crippen MR) is 58.1 cm³/mol. The molecular weight excluding hydrogens is 184 g/mol. The van der Waals surface area contributed by atoms with E-state index in [1.165, 1.54) is 19.4 Å². The van der Waals surface area contributed by atoms with Gasteiger partial charge in [-0.2, -0.15) is 0 Å². The van der Waals surface area contributed by atoms with Crippen molar-refractivity contribution in [3.05, 3.63) is 11.6 Å². The van der Waals surface area contributed by atoms with Crippen LogP contribution in [-0.4, -0.2) is 37.1 Å². The van der Waals surface area contributed by atoms with Gasteiger partial charge >= 0.3 is 0 Å². The Morgan fingerprint density at radius 1 is 1.62 bits per heavy atom. The molecule has 1 fully saturated rings. The van der Waals surface area contributed by atoms with Crippen LogP contribution in [0.1, 0.15) is 19.8 Å². The molecule has 1 saturated heterocycles. The Morgan fingerprint density at radius 3 is 3.15 bits per heavy atom. The van der Waals surface area contributed by atoms with Crippen molar-refractivity contribution in [2.45, 2.75) is 25.8 Å². The van der Waals surface area contributed by atoms with E-state index in [-0.39, 0.29) is 0 Å². The van der Waals surface area contributed by atoms with Crippen LogP contribution >= 0.6 is 11.6 Å². The van der Waals surface area contributed by atoms with Crippen LogP contribution in [0.2, 0.25) is 0 Å². The van der Waals surface area contributed by atoms with Crippen molar-refractivity contribution in [3.63, 3.8) is 0 Å². The van der Waals surface area contributed by atoms with Gasteiger partial charge in [0.15, 0.2) is 0 Å². The van der Waals surface area contributed by atoms with E-state index in [1.54, 1.807) is 5.54 Å². The number of hydrogen-bond donors (Lipinski definition) is 1. The minimum atomic E-state index is 0.659. The summed E-state index contributed by atoms with van der Waals surface area (Å²) in [7, 11) is 0. The maximum atomic E-state index is 5.51. The van der Waals surface area contributed by atoms with Gasteiger partial charge in [0.2, 0.25) is 0 Å². The zero-order valence-electron chi connectivity index (χ0n) is 8.30. The Hall–Kier alpha value is -0.0500. The minimum absolute atomic E-state index is 0.659. The van der Waals surface area contributed by atoms with Crippen LogP contribution in [0.15, 0.2) is 11.6 Å². The van der Waals surface area contributed by atoms with Gasteiger partial charge in [0, 0.05) is 24.7 Å². The van der Waals surface area contributed by atoms with Crippen LogP contribution in [0.5, 0.6) is 0 Å². The van der Waals surface area contributed by atoms with Crippen molar-refractivity contribution in [3.8, 4) is 0 Å². The highest BCUT2D eigenvalue weighted by Crippen LogP contribution is 2.03. The van der Waals surface area contributed by atoms with E-state index >= 15 is 0 Å². The van der Waals surface area contributed by atoms with Crippen LogP contribution in [0.3, 0.4) is 0 Å². The fourth-order valence-electron chi connectivity index (χ4n) is 1.70. The molecule has 1 rings (SSSR count). The molecule has 3 heteroatoms. The van der Waals surface area contributed by atoms with E-state index in [0.717, 1.165) is 19.6 Å². The van der Waals surface area contributed by atoms with Gasteiger partial charge in [-0.1, -0.05) is 24.6 Å². The summed E-state index contributed by atoms with van der Waals surface area (Å²) >= 11 is 5.51. The Balaban J connectivity index is 2.34. The fourth-order valence-corrected chi connectivity index (χ4v) is 1.78. The van der Waals surface area contributed by atoms with Gasteiger partial charge in [-0.25, -0.2) is 0 Å². The molecule has 0 amide bonds. The summed E-state index contributed by atoms with van der Waals surface area (Å²) in [6.07, 6.45) is 4.47. The Morgan fingerprint density at radius 2 is 2.46 bits per heavy atom. The molecular formula is C10H19ClN2. The highest BCUT2D eigenvalue weighted by atomic mass is 35.5. The second-order valence-corrected chi connectivity index (χ2v) is 3.79. The minimum Gasteiger partial charge on any atom is -0.313 e.